The zero-order chi connectivity index (χ0) is 18.0. The van der Waals surface area contributed by atoms with Gasteiger partial charge in [0.05, 0.1) is 19.1 Å². The summed E-state index contributed by atoms with van der Waals surface area (Å²) in [5.74, 6) is -0.420. The standard InChI is InChI=1S/C20H19FO4/c1-12-11-15(22)20-17(9-8-14(21)19(12)20)25-18(23)10-7-13-5-3-4-6-16(13)24-2/h3-6,8-9,12H,7,10-11H2,1-2H3. The van der Waals surface area contributed by atoms with Crippen LogP contribution in [0.1, 0.15) is 47.2 Å². The van der Waals surface area contributed by atoms with Crippen molar-refractivity contribution < 1.29 is 23.5 Å². The van der Waals surface area contributed by atoms with E-state index in [0.717, 1.165) is 5.56 Å². The Kier molecular flexibility index (Phi) is 4.83. The molecule has 2 aromatic rings. The van der Waals surface area contributed by atoms with Crippen LogP contribution in [-0.4, -0.2) is 18.9 Å². The fourth-order valence-corrected chi connectivity index (χ4v) is 3.23. The summed E-state index contributed by atoms with van der Waals surface area (Å²) in [5.41, 5.74) is 1.45. The number of carbonyl (C=O) groups is 2. The van der Waals surface area contributed by atoms with Crippen molar-refractivity contribution in [1.82, 2.24) is 0 Å². The lowest BCUT2D eigenvalue weighted by Crippen LogP contribution is -2.12. The molecule has 1 aliphatic rings. The molecule has 3 rings (SSSR count). The number of ketones is 1. The molecule has 0 bridgehead atoms. The number of fused-ring (bicyclic) bond motifs is 1. The van der Waals surface area contributed by atoms with E-state index in [1.54, 1.807) is 14.0 Å². The molecular formula is C20H19FO4. The number of aryl methyl sites for hydroxylation is 1. The number of halogens is 1. The van der Waals surface area contributed by atoms with Gasteiger partial charge in [-0.15, -0.1) is 0 Å². The van der Waals surface area contributed by atoms with E-state index in [1.165, 1.54) is 12.1 Å². The van der Waals surface area contributed by atoms with Crippen molar-refractivity contribution in [3.8, 4) is 11.5 Å². The van der Waals surface area contributed by atoms with E-state index in [4.69, 9.17) is 9.47 Å². The number of rotatable bonds is 5. The van der Waals surface area contributed by atoms with E-state index in [2.05, 4.69) is 0 Å². The summed E-state index contributed by atoms with van der Waals surface area (Å²) in [7, 11) is 1.58. The van der Waals surface area contributed by atoms with Crippen LogP contribution in [0.25, 0.3) is 0 Å². The van der Waals surface area contributed by atoms with Crippen LogP contribution in [0.5, 0.6) is 11.5 Å². The minimum Gasteiger partial charge on any atom is -0.496 e. The second kappa shape index (κ2) is 7.05. The number of ether oxygens (including phenoxy) is 2. The molecule has 0 fully saturated rings. The summed E-state index contributed by atoms with van der Waals surface area (Å²) in [6, 6.07) is 10.0. The van der Waals surface area contributed by atoms with Gasteiger partial charge in [0.25, 0.3) is 0 Å². The van der Waals surface area contributed by atoms with Crippen LogP contribution in [0.2, 0.25) is 0 Å². The Hall–Kier alpha value is -2.69. The minimum absolute atomic E-state index is 0.135. The normalized spacial score (nSPS) is 15.8. The van der Waals surface area contributed by atoms with Gasteiger partial charge in [-0.1, -0.05) is 25.1 Å². The first kappa shape index (κ1) is 17.1. The Morgan fingerprint density at radius 3 is 2.72 bits per heavy atom. The molecule has 0 amide bonds. The summed E-state index contributed by atoms with van der Waals surface area (Å²) < 4.78 is 24.6. The highest BCUT2D eigenvalue weighted by Crippen LogP contribution is 2.39. The van der Waals surface area contributed by atoms with E-state index in [1.807, 2.05) is 24.3 Å². The maximum absolute atomic E-state index is 14.0. The number of esters is 1. The molecule has 25 heavy (non-hydrogen) atoms. The summed E-state index contributed by atoms with van der Waals surface area (Å²) in [6.07, 6.45) is 0.828. The van der Waals surface area contributed by atoms with Gasteiger partial charge in [-0.05, 0) is 36.1 Å². The Bertz CT molecular complexity index is 828. The molecule has 1 unspecified atom stereocenters. The highest BCUT2D eigenvalue weighted by molar-refractivity contribution is 6.04. The van der Waals surface area contributed by atoms with Crippen LogP contribution < -0.4 is 9.47 Å². The van der Waals surface area contributed by atoms with Crippen molar-refractivity contribution >= 4 is 11.8 Å². The molecule has 0 radical (unpaired) electrons. The second-order valence-corrected chi connectivity index (χ2v) is 6.15. The molecule has 130 valence electrons. The fourth-order valence-electron chi connectivity index (χ4n) is 3.23. The molecule has 0 N–H and O–H groups in total. The quantitative estimate of drug-likeness (QED) is 0.607. The van der Waals surface area contributed by atoms with Crippen LogP contribution in [0.15, 0.2) is 36.4 Å². The van der Waals surface area contributed by atoms with E-state index in [0.29, 0.717) is 17.7 Å². The zero-order valence-electron chi connectivity index (χ0n) is 14.2. The number of para-hydroxylation sites is 1. The van der Waals surface area contributed by atoms with Crippen molar-refractivity contribution in [2.45, 2.75) is 32.1 Å². The highest BCUT2D eigenvalue weighted by Gasteiger charge is 2.33. The van der Waals surface area contributed by atoms with Gasteiger partial charge >= 0.3 is 5.97 Å². The molecule has 0 aromatic heterocycles. The summed E-state index contributed by atoms with van der Waals surface area (Å²) in [5, 5.41) is 0. The number of hydrogen-bond acceptors (Lipinski definition) is 4. The Balaban J connectivity index is 1.73. The van der Waals surface area contributed by atoms with Gasteiger partial charge < -0.3 is 9.47 Å². The summed E-state index contributed by atoms with van der Waals surface area (Å²) >= 11 is 0. The molecular weight excluding hydrogens is 323 g/mol. The maximum Gasteiger partial charge on any atom is 0.311 e. The van der Waals surface area contributed by atoms with Crippen molar-refractivity contribution in [2.75, 3.05) is 7.11 Å². The lowest BCUT2D eigenvalue weighted by molar-refractivity contribution is -0.134. The van der Waals surface area contributed by atoms with E-state index >= 15 is 0 Å². The average molecular weight is 342 g/mol. The van der Waals surface area contributed by atoms with Crippen molar-refractivity contribution in [1.29, 1.82) is 0 Å². The molecule has 1 atom stereocenters. The van der Waals surface area contributed by atoms with Gasteiger partial charge in [-0.3, -0.25) is 9.59 Å². The third kappa shape index (κ3) is 3.40. The molecule has 0 aliphatic heterocycles. The average Bonchev–Trinajstić information content (AvgIpc) is 2.91. The third-order valence-electron chi connectivity index (χ3n) is 4.43. The fraction of sp³-hybridized carbons (Fsp3) is 0.300. The third-order valence-corrected chi connectivity index (χ3v) is 4.43. The van der Waals surface area contributed by atoms with Gasteiger partial charge in [0, 0.05) is 12.0 Å². The van der Waals surface area contributed by atoms with E-state index in [9.17, 15) is 14.0 Å². The van der Waals surface area contributed by atoms with Crippen molar-refractivity contribution in [3.63, 3.8) is 0 Å². The number of benzene rings is 2. The summed E-state index contributed by atoms with van der Waals surface area (Å²) in [6.45, 7) is 1.79. The molecule has 0 heterocycles. The van der Waals surface area contributed by atoms with Crippen LogP contribution >= 0.6 is 0 Å². The first-order valence-electron chi connectivity index (χ1n) is 8.19. The molecule has 5 heteroatoms. The van der Waals surface area contributed by atoms with Crippen LogP contribution in [0, 0.1) is 5.82 Å². The predicted octanol–water partition coefficient (Wildman–Crippen LogP) is 4.06. The number of Topliss-reactive ketones (excluding diaryl/α,β-unsaturated/α-hetero) is 1. The first-order valence-corrected chi connectivity index (χ1v) is 8.19. The SMILES string of the molecule is COc1ccccc1CCC(=O)Oc1ccc(F)c2c1C(=O)CC2C. The second-order valence-electron chi connectivity index (χ2n) is 6.15. The monoisotopic (exact) mass is 342 g/mol. The zero-order valence-corrected chi connectivity index (χ0v) is 14.2. The lowest BCUT2D eigenvalue weighted by Gasteiger charge is -2.11. The van der Waals surface area contributed by atoms with Gasteiger partial charge in [0.1, 0.15) is 17.3 Å². The highest BCUT2D eigenvalue weighted by atomic mass is 19.1. The number of carbonyl (C=O) groups excluding carboxylic acids is 2. The Morgan fingerprint density at radius 1 is 1.20 bits per heavy atom. The molecule has 2 aromatic carbocycles. The largest absolute Gasteiger partial charge is 0.496 e. The molecule has 0 saturated heterocycles. The van der Waals surface area contributed by atoms with Crippen molar-refractivity contribution in [3.05, 3.63) is 58.9 Å². The van der Waals surface area contributed by atoms with Crippen LogP contribution in [0.3, 0.4) is 0 Å². The van der Waals surface area contributed by atoms with Gasteiger partial charge in [0.2, 0.25) is 0 Å². The Labute approximate surface area is 145 Å². The van der Waals surface area contributed by atoms with Crippen molar-refractivity contribution in [2.24, 2.45) is 0 Å². The van der Waals surface area contributed by atoms with Crippen LogP contribution in [-0.2, 0) is 11.2 Å². The molecule has 0 spiro atoms. The molecule has 1 aliphatic carbocycles. The van der Waals surface area contributed by atoms with E-state index < -0.39 is 11.8 Å². The smallest absolute Gasteiger partial charge is 0.311 e. The van der Waals surface area contributed by atoms with Gasteiger partial charge in [-0.2, -0.15) is 0 Å². The number of hydrogen-bond donors (Lipinski definition) is 0. The minimum atomic E-state index is -0.466. The molecule has 0 saturated carbocycles. The maximum atomic E-state index is 14.0. The lowest BCUT2D eigenvalue weighted by atomic mass is 10.0. The topological polar surface area (TPSA) is 52.6 Å². The number of methoxy groups -OCH3 is 1. The van der Waals surface area contributed by atoms with E-state index in [-0.39, 0.29) is 35.9 Å². The van der Waals surface area contributed by atoms with Gasteiger partial charge in [-0.25, -0.2) is 4.39 Å². The summed E-state index contributed by atoms with van der Waals surface area (Å²) in [4.78, 5) is 24.3. The first-order chi connectivity index (χ1) is 12.0. The van der Waals surface area contributed by atoms with Gasteiger partial charge in [0.15, 0.2) is 5.78 Å². The van der Waals surface area contributed by atoms with Crippen LogP contribution in [0.4, 0.5) is 4.39 Å². The Morgan fingerprint density at radius 2 is 1.96 bits per heavy atom. The predicted molar refractivity (Wildman–Crippen MR) is 90.7 cm³/mol. The molecule has 4 nitrogen and oxygen atoms in total.